The lowest BCUT2D eigenvalue weighted by atomic mass is 10.1. The Labute approximate surface area is 134 Å². The van der Waals surface area contributed by atoms with Crippen LogP contribution in [0.15, 0.2) is 18.2 Å². The van der Waals surface area contributed by atoms with E-state index in [0.717, 1.165) is 16.0 Å². The normalized spacial score (nSPS) is 10.1. The second-order valence-corrected chi connectivity index (χ2v) is 6.41. The fraction of sp³-hybridized carbons (Fsp3) is 0.294. The number of ether oxygens (including phenoxy) is 1. The predicted molar refractivity (Wildman–Crippen MR) is 88.5 cm³/mol. The average Bonchev–Trinajstić information content (AvgIpc) is 2.74. The number of hydrogen-bond acceptors (Lipinski definition) is 4. The molecule has 5 heteroatoms. The maximum Gasteiger partial charge on any atom is 0.262 e. The number of thiophene rings is 1. The van der Waals surface area contributed by atoms with Crippen molar-refractivity contribution in [1.82, 2.24) is 0 Å². The third-order valence-corrected chi connectivity index (χ3v) is 4.72. The molecule has 1 amide bonds. The maximum atomic E-state index is 12.0. The Bertz CT molecular complexity index is 757. The Morgan fingerprint density at radius 3 is 2.64 bits per heavy atom. The summed E-state index contributed by atoms with van der Waals surface area (Å²) in [7, 11) is 0. The predicted octanol–water partition coefficient (Wildman–Crippen LogP) is 3.87. The van der Waals surface area contributed by atoms with Crippen LogP contribution >= 0.6 is 11.3 Å². The molecule has 0 aliphatic carbocycles. The molecule has 0 radical (unpaired) electrons. The minimum absolute atomic E-state index is 0.0800. The summed E-state index contributed by atoms with van der Waals surface area (Å²) >= 11 is 1.41. The molecule has 0 aliphatic rings. The van der Waals surface area contributed by atoms with Gasteiger partial charge in [0.2, 0.25) is 0 Å². The number of nitrogens with one attached hydrogen (secondary N) is 1. The standard InChI is InChI=1S/C17H18N2O2S/c1-10-5-6-14(7-11(10)2)21-9-16(20)19-17-15(8-18)12(3)13(4)22-17/h5-7H,9H2,1-4H3,(H,19,20). The zero-order valence-corrected chi connectivity index (χ0v) is 13.9. The minimum Gasteiger partial charge on any atom is -0.484 e. The van der Waals surface area contributed by atoms with E-state index in [1.54, 1.807) is 0 Å². The molecule has 1 heterocycles. The molecule has 0 unspecified atom stereocenters. The van der Waals surface area contributed by atoms with Gasteiger partial charge in [-0.05, 0) is 56.5 Å². The highest BCUT2D eigenvalue weighted by molar-refractivity contribution is 7.16. The van der Waals surface area contributed by atoms with Crippen molar-refractivity contribution in [3.05, 3.63) is 45.3 Å². The van der Waals surface area contributed by atoms with Gasteiger partial charge in [0, 0.05) is 4.88 Å². The van der Waals surface area contributed by atoms with Crippen molar-refractivity contribution in [2.45, 2.75) is 27.7 Å². The molecule has 1 N–H and O–H groups in total. The molecule has 4 nitrogen and oxygen atoms in total. The van der Waals surface area contributed by atoms with Gasteiger partial charge in [-0.2, -0.15) is 5.26 Å². The molecule has 2 rings (SSSR count). The molecule has 0 spiro atoms. The van der Waals surface area contributed by atoms with E-state index in [4.69, 9.17) is 10.00 Å². The number of aryl methyl sites for hydroxylation is 3. The average molecular weight is 314 g/mol. The lowest BCUT2D eigenvalue weighted by molar-refractivity contribution is -0.118. The van der Waals surface area contributed by atoms with Crippen molar-refractivity contribution < 1.29 is 9.53 Å². The molecule has 0 aliphatic heterocycles. The van der Waals surface area contributed by atoms with E-state index >= 15 is 0 Å². The van der Waals surface area contributed by atoms with E-state index < -0.39 is 0 Å². The first-order valence-electron chi connectivity index (χ1n) is 6.92. The first-order chi connectivity index (χ1) is 10.4. The number of nitriles is 1. The number of nitrogens with zero attached hydrogens (tertiary/aromatic N) is 1. The highest BCUT2D eigenvalue weighted by Gasteiger charge is 2.14. The molecule has 0 saturated heterocycles. The maximum absolute atomic E-state index is 12.0. The van der Waals surface area contributed by atoms with Crippen molar-refractivity contribution in [1.29, 1.82) is 5.26 Å². The lowest BCUT2D eigenvalue weighted by Gasteiger charge is -2.08. The molecular formula is C17H18N2O2S. The highest BCUT2D eigenvalue weighted by atomic mass is 32.1. The minimum atomic E-state index is -0.268. The van der Waals surface area contributed by atoms with E-state index in [1.807, 2.05) is 45.9 Å². The number of rotatable bonds is 4. The van der Waals surface area contributed by atoms with Crippen LogP contribution in [-0.4, -0.2) is 12.5 Å². The zero-order valence-electron chi connectivity index (χ0n) is 13.1. The topological polar surface area (TPSA) is 62.1 Å². The Morgan fingerprint density at radius 1 is 1.27 bits per heavy atom. The van der Waals surface area contributed by atoms with Gasteiger partial charge in [0.15, 0.2) is 6.61 Å². The van der Waals surface area contributed by atoms with Crippen molar-refractivity contribution in [3.8, 4) is 11.8 Å². The summed E-state index contributed by atoms with van der Waals surface area (Å²) in [6.45, 7) is 7.76. The van der Waals surface area contributed by atoms with Gasteiger partial charge in [0.05, 0.1) is 5.56 Å². The Hall–Kier alpha value is -2.32. The van der Waals surface area contributed by atoms with Crippen molar-refractivity contribution >= 4 is 22.2 Å². The van der Waals surface area contributed by atoms with E-state index in [2.05, 4.69) is 11.4 Å². The number of amides is 1. The zero-order chi connectivity index (χ0) is 16.3. The molecular weight excluding hydrogens is 296 g/mol. The van der Waals surface area contributed by atoms with Gasteiger partial charge >= 0.3 is 0 Å². The van der Waals surface area contributed by atoms with Gasteiger partial charge in [0.25, 0.3) is 5.91 Å². The fourth-order valence-corrected chi connectivity index (χ4v) is 2.99. The Morgan fingerprint density at radius 2 is 2.00 bits per heavy atom. The van der Waals surface area contributed by atoms with Crippen LogP contribution in [0.1, 0.15) is 27.1 Å². The molecule has 0 atom stereocenters. The summed E-state index contributed by atoms with van der Waals surface area (Å²) in [5, 5.41) is 12.5. The van der Waals surface area contributed by atoms with E-state index in [-0.39, 0.29) is 12.5 Å². The van der Waals surface area contributed by atoms with Crippen molar-refractivity contribution in [3.63, 3.8) is 0 Å². The fourth-order valence-electron chi connectivity index (χ4n) is 1.96. The number of hydrogen-bond donors (Lipinski definition) is 1. The number of anilines is 1. The number of carbonyl (C=O) groups is 1. The summed E-state index contributed by atoms with van der Waals surface area (Å²) in [6, 6.07) is 7.84. The van der Waals surface area contributed by atoms with Crippen LogP contribution in [0.2, 0.25) is 0 Å². The summed E-state index contributed by atoms with van der Waals surface area (Å²) in [5.41, 5.74) is 3.74. The summed E-state index contributed by atoms with van der Waals surface area (Å²) in [4.78, 5) is 13.0. The molecule has 1 aromatic heterocycles. The largest absolute Gasteiger partial charge is 0.484 e. The van der Waals surface area contributed by atoms with Gasteiger partial charge in [-0.3, -0.25) is 4.79 Å². The highest BCUT2D eigenvalue weighted by Crippen LogP contribution is 2.31. The number of benzene rings is 1. The summed E-state index contributed by atoms with van der Waals surface area (Å²) in [6.07, 6.45) is 0. The Balaban J connectivity index is 2.00. The van der Waals surface area contributed by atoms with Crippen LogP contribution in [0.5, 0.6) is 5.75 Å². The summed E-state index contributed by atoms with van der Waals surface area (Å²) < 4.78 is 5.50. The van der Waals surface area contributed by atoms with Crippen LogP contribution < -0.4 is 10.1 Å². The third-order valence-electron chi connectivity index (χ3n) is 3.60. The summed E-state index contributed by atoms with van der Waals surface area (Å²) in [5.74, 6) is 0.397. The monoisotopic (exact) mass is 314 g/mol. The van der Waals surface area contributed by atoms with Gasteiger partial charge in [-0.25, -0.2) is 0 Å². The molecule has 1 aromatic carbocycles. The van der Waals surface area contributed by atoms with Gasteiger partial charge in [0.1, 0.15) is 16.8 Å². The first-order valence-corrected chi connectivity index (χ1v) is 7.74. The molecule has 0 bridgehead atoms. The molecule has 0 fully saturated rings. The first kappa shape index (κ1) is 16.1. The molecule has 22 heavy (non-hydrogen) atoms. The molecule has 0 saturated carbocycles. The number of carbonyl (C=O) groups excluding carboxylic acids is 1. The van der Waals surface area contributed by atoms with Gasteiger partial charge in [-0.1, -0.05) is 6.07 Å². The van der Waals surface area contributed by atoms with Crippen LogP contribution in [0.25, 0.3) is 0 Å². The van der Waals surface area contributed by atoms with Crippen LogP contribution in [0, 0.1) is 39.0 Å². The third kappa shape index (κ3) is 3.46. The van der Waals surface area contributed by atoms with E-state index in [9.17, 15) is 4.79 Å². The van der Waals surface area contributed by atoms with Crippen LogP contribution in [-0.2, 0) is 4.79 Å². The second kappa shape index (κ2) is 6.63. The van der Waals surface area contributed by atoms with Crippen molar-refractivity contribution in [2.24, 2.45) is 0 Å². The van der Waals surface area contributed by atoms with Gasteiger partial charge in [-0.15, -0.1) is 11.3 Å². The van der Waals surface area contributed by atoms with E-state index in [0.29, 0.717) is 16.3 Å². The van der Waals surface area contributed by atoms with Gasteiger partial charge < -0.3 is 10.1 Å². The van der Waals surface area contributed by atoms with Crippen molar-refractivity contribution in [2.75, 3.05) is 11.9 Å². The molecule has 2 aromatic rings. The SMILES string of the molecule is Cc1ccc(OCC(=O)Nc2sc(C)c(C)c2C#N)cc1C. The Kier molecular flexibility index (Phi) is 4.84. The lowest BCUT2D eigenvalue weighted by Crippen LogP contribution is -2.20. The quantitative estimate of drug-likeness (QED) is 0.931. The molecule has 114 valence electrons. The smallest absolute Gasteiger partial charge is 0.262 e. The second-order valence-electron chi connectivity index (χ2n) is 5.18. The van der Waals surface area contributed by atoms with Crippen LogP contribution in [0.4, 0.5) is 5.00 Å². The van der Waals surface area contributed by atoms with Crippen LogP contribution in [0.3, 0.4) is 0 Å². The van der Waals surface area contributed by atoms with E-state index in [1.165, 1.54) is 16.9 Å².